The van der Waals surface area contributed by atoms with Crippen LogP contribution in [0.1, 0.15) is 22.5 Å². The van der Waals surface area contributed by atoms with E-state index >= 15 is 0 Å². The van der Waals surface area contributed by atoms with E-state index in [2.05, 4.69) is 15.1 Å². The molecule has 0 saturated heterocycles. The Morgan fingerprint density at radius 1 is 0.815 bits per heavy atom. The van der Waals surface area contributed by atoms with Crippen LogP contribution in [0.5, 0.6) is 0 Å². The van der Waals surface area contributed by atoms with Crippen molar-refractivity contribution >= 4 is 0 Å². The van der Waals surface area contributed by atoms with Crippen molar-refractivity contribution in [3.8, 4) is 17.2 Å². The van der Waals surface area contributed by atoms with E-state index in [1.54, 1.807) is 13.8 Å². The van der Waals surface area contributed by atoms with Crippen LogP contribution in [-0.2, 0) is 12.4 Å². The minimum absolute atomic E-state index is 0.0888. The van der Waals surface area contributed by atoms with Crippen LogP contribution in [0.3, 0.4) is 0 Å². The smallest absolute Gasteiger partial charge is 0.233 e. The number of aromatic nitrogens is 4. The Morgan fingerprint density at radius 3 is 1.96 bits per heavy atom. The quantitative estimate of drug-likeness (QED) is 0.584. The number of nitrogens with zero attached hydrogens (tertiary/aromatic N) is 4. The molecular formula is C17H12F6N4. The summed E-state index contributed by atoms with van der Waals surface area (Å²) in [6.07, 6.45) is -7.96. The normalized spacial score (nSPS) is 12.4. The average molecular weight is 386 g/mol. The van der Waals surface area contributed by atoms with Gasteiger partial charge in [-0.1, -0.05) is 12.1 Å². The Kier molecular flexibility index (Phi) is 4.44. The molecule has 0 aliphatic rings. The standard InChI is InChI=1S/C17H12F6N4/c1-9-10(2)24-14(11-3-5-12(6-4-11)16(18,19)20)25-15(9)27-8-7-13(26-27)17(21,22)23/h3-8H,1-2H3. The highest BCUT2D eigenvalue weighted by molar-refractivity contribution is 5.58. The van der Waals surface area contributed by atoms with Crippen molar-refractivity contribution in [2.24, 2.45) is 0 Å². The number of aryl methyl sites for hydroxylation is 1. The van der Waals surface area contributed by atoms with Crippen molar-refractivity contribution in [3.63, 3.8) is 0 Å². The summed E-state index contributed by atoms with van der Waals surface area (Å²) >= 11 is 0. The molecule has 27 heavy (non-hydrogen) atoms. The van der Waals surface area contributed by atoms with Crippen LogP contribution in [0, 0.1) is 13.8 Å². The molecule has 0 saturated carbocycles. The average Bonchev–Trinajstić information content (AvgIpc) is 3.06. The van der Waals surface area contributed by atoms with Crippen molar-refractivity contribution in [3.05, 3.63) is 59.0 Å². The zero-order chi connectivity index (χ0) is 20.0. The first kappa shape index (κ1) is 18.9. The van der Waals surface area contributed by atoms with Gasteiger partial charge in [-0.2, -0.15) is 31.4 Å². The molecule has 0 N–H and O–H groups in total. The lowest BCUT2D eigenvalue weighted by atomic mass is 10.1. The van der Waals surface area contributed by atoms with Gasteiger partial charge in [0.1, 0.15) is 0 Å². The van der Waals surface area contributed by atoms with E-state index < -0.39 is 23.6 Å². The molecule has 0 amide bonds. The summed E-state index contributed by atoms with van der Waals surface area (Å²) in [4.78, 5) is 8.42. The third-order valence-electron chi connectivity index (χ3n) is 3.93. The van der Waals surface area contributed by atoms with E-state index in [0.29, 0.717) is 16.8 Å². The predicted molar refractivity (Wildman–Crippen MR) is 84.1 cm³/mol. The highest BCUT2D eigenvalue weighted by Gasteiger charge is 2.34. The highest BCUT2D eigenvalue weighted by atomic mass is 19.4. The van der Waals surface area contributed by atoms with Crippen molar-refractivity contribution in [2.45, 2.75) is 26.2 Å². The van der Waals surface area contributed by atoms with Gasteiger partial charge in [-0.3, -0.25) is 0 Å². The highest BCUT2D eigenvalue weighted by Crippen LogP contribution is 2.31. The molecule has 0 atom stereocenters. The largest absolute Gasteiger partial charge is 0.435 e. The number of halogens is 6. The lowest BCUT2D eigenvalue weighted by molar-refractivity contribution is -0.141. The van der Waals surface area contributed by atoms with Gasteiger partial charge >= 0.3 is 12.4 Å². The van der Waals surface area contributed by atoms with Gasteiger partial charge in [0.2, 0.25) is 0 Å². The first-order valence-corrected chi connectivity index (χ1v) is 7.63. The Hall–Kier alpha value is -2.91. The van der Waals surface area contributed by atoms with Gasteiger partial charge in [0, 0.05) is 23.0 Å². The molecule has 0 fully saturated rings. The molecule has 0 aliphatic heterocycles. The molecular weight excluding hydrogens is 374 g/mol. The second-order valence-electron chi connectivity index (χ2n) is 5.80. The van der Waals surface area contributed by atoms with Gasteiger partial charge in [-0.05, 0) is 32.0 Å². The van der Waals surface area contributed by atoms with Crippen LogP contribution in [-0.4, -0.2) is 19.7 Å². The molecule has 3 aromatic rings. The Bertz CT molecular complexity index is 971. The molecule has 2 aromatic heterocycles. The van der Waals surface area contributed by atoms with Gasteiger partial charge < -0.3 is 0 Å². The first-order valence-electron chi connectivity index (χ1n) is 7.63. The predicted octanol–water partition coefficient (Wildman–Crippen LogP) is 4.98. The number of benzene rings is 1. The summed E-state index contributed by atoms with van der Waals surface area (Å²) in [6, 6.07) is 5.02. The second kappa shape index (κ2) is 6.36. The molecule has 2 heterocycles. The maximum absolute atomic E-state index is 12.8. The molecule has 3 rings (SSSR count). The molecule has 1 aromatic carbocycles. The Morgan fingerprint density at radius 2 is 1.44 bits per heavy atom. The van der Waals surface area contributed by atoms with Crippen LogP contribution < -0.4 is 0 Å². The van der Waals surface area contributed by atoms with Gasteiger partial charge in [-0.15, -0.1) is 0 Å². The topological polar surface area (TPSA) is 43.6 Å². The van der Waals surface area contributed by atoms with Crippen molar-refractivity contribution in [2.75, 3.05) is 0 Å². The number of hydrogen-bond donors (Lipinski definition) is 0. The van der Waals surface area contributed by atoms with E-state index in [-0.39, 0.29) is 11.6 Å². The Balaban J connectivity index is 2.06. The van der Waals surface area contributed by atoms with Crippen molar-refractivity contribution in [1.82, 2.24) is 19.7 Å². The summed E-state index contributed by atoms with van der Waals surface area (Å²) in [6.45, 7) is 3.25. The Labute approximate surface area is 149 Å². The molecule has 4 nitrogen and oxygen atoms in total. The minimum Gasteiger partial charge on any atom is -0.233 e. The zero-order valence-corrected chi connectivity index (χ0v) is 14.0. The number of alkyl halides is 6. The van der Waals surface area contributed by atoms with Gasteiger partial charge in [0.15, 0.2) is 17.3 Å². The molecule has 0 spiro atoms. The molecule has 0 aliphatic carbocycles. The second-order valence-corrected chi connectivity index (χ2v) is 5.80. The maximum atomic E-state index is 12.8. The van der Waals surface area contributed by atoms with Gasteiger partial charge in [-0.25, -0.2) is 14.6 Å². The van der Waals surface area contributed by atoms with E-state index in [0.717, 1.165) is 29.1 Å². The monoisotopic (exact) mass is 386 g/mol. The summed E-state index contributed by atoms with van der Waals surface area (Å²) in [7, 11) is 0. The molecule has 10 heteroatoms. The zero-order valence-electron chi connectivity index (χ0n) is 14.0. The van der Waals surface area contributed by atoms with E-state index in [4.69, 9.17) is 0 Å². The molecule has 0 radical (unpaired) electrons. The fourth-order valence-electron chi connectivity index (χ4n) is 2.37. The van der Waals surface area contributed by atoms with Gasteiger partial charge in [0.25, 0.3) is 0 Å². The maximum Gasteiger partial charge on any atom is 0.435 e. The molecule has 0 unspecified atom stereocenters. The summed E-state index contributed by atoms with van der Waals surface area (Å²) < 4.78 is 77.4. The third kappa shape index (κ3) is 3.79. The number of rotatable bonds is 2. The van der Waals surface area contributed by atoms with Crippen LogP contribution in [0.4, 0.5) is 26.3 Å². The fourth-order valence-corrected chi connectivity index (χ4v) is 2.37. The lowest BCUT2D eigenvalue weighted by Gasteiger charge is -2.11. The van der Waals surface area contributed by atoms with E-state index in [1.165, 1.54) is 12.1 Å². The summed E-state index contributed by atoms with van der Waals surface area (Å²) in [5, 5.41) is 3.49. The van der Waals surface area contributed by atoms with E-state index in [9.17, 15) is 26.3 Å². The van der Waals surface area contributed by atoms with Crippen LogP contribution in [0.25, 0.3) is 17.2 Å². The number of hydrogen-bond acceptors (Lipinski definition) is 3. The van der Waals surface area contributed by atoms with Gasteiger partial charge in [0.05, 0.1) is 5.56 Å². The van der Waals surface area contributed by atoms with Crippen molar-refractivity contribution in [1.29, 1.82) is 0 Å². The fraction of sp³-hybridized carbons (Fsp3) is 0.235. The molecule has 0 bridgehead atoms. The lowest BCUT2D eigenvalue weighted by Crippen LogP contribution is -2.10. The van der Waals surface area contributed by atoms with Crippen LogP contribution in [0.2, 0.25) is 0 Å². The van der Waals surface area contributed by atoms with Crippen molar-refractivity contribution < 1.29 is 26.3 Å². The summed E-state index contributed by atoms with van der Waals surface area (Å²) in [5.74, 6) is 0.207. The summed E-state index contributed by atoms with van der Waals surface area (Å²) in [5.41, 5.74) is -0.622. The third-order valence-corrected chi connectivity index (χ3v) is 3.93. The van der Waals surface area contributed by atoms with E-state index in [1.807, 2.05) is 0 Å². The SMILES string of the molecule is Cc1nc(-c2ccc(C(F)(F)F)cc2)nc(-n2ccc(C(F)(F)F)n2)c1C. The van der Waals surface area contributed by atoms with Crippen LogP contribution >= 0.6 is 0 Å². The van der Waals surface area contributed by atoms with Crippen LogP contribution in [0.15, 0.2) is 36.5 Å². The minimum atomic E-state index is -4.60. The first-order chi connectivity index (χ1) is 12.5. The molecule has 142 valence electrons.